The van der Waals surface area contributed by atoms with Gasteiger partial charge in [0.1, 0.15) is 5.69 Å². The van der Waals surface area contributed by atoms with Crippen molar-refractivity contribution in [2.24, 2.45) is 0 Å². The molecule has 1 aliphatic heterocycles. The number of aromatic amines is 1. The van der Waals surface area contributed by atoms with E-state index in [1.165, 1.54) is 32.2 Å². The van der Waals surface area contributed by atoms with E-state index in [-0.39, 0.29) is 5.91 Å². The number of para-hydroxylation sites is 1. The van der Waals surface area contributed by atoms with Gasteiger partial charge in [0, 0.05) is 37.1 Å². The van der Waals surface area contributed by atoms with Crippen LogP contribution in [0, 0.1) is 0 Å². The van der Waals surface area contributed by atoms with Gasteiger partial charge in [-0.3, -0.25) is 9.69 Å². The number of carbonyl (C=O) groups is 1. The summed E-state index contributed by atoms with van der Waals surface area (Å²) >= 11 is 0. The van der Waals surface area contributed by atoms with Gasteiger partial charge in [-0.2, -0.15) is 0 Å². The number of hydrogen-bond donors (Lipinski definition) is 1. The van der Waals surface area contributed by atoms with Gasteiger partial charge in [-0.15, -0.1) is 0 Å². The van der Waals surface area contributed by atoms with Gasteiger partial charge in [0.05, 0.1) is 0 Å². The second-order valence-corrected chi connectivity index (χ2v) is 6.46. The van der Waals surface area contributed by atoms with Crippen molar-refractivity contribution < 1.29 is 4.79 Å². The molecule has 1 fully saturated rings. The van der Waals surface area contributed by atoms with Gasteiger partial charge in [-0.1, -0.05) is 44.4 Å². The Morgan fingerprint density at radius 2 is 1.87 bits per heavy atom. The van der Waals surface area contributed by atoms with Crippen LogP contribution in [0.1, 0.15) is 43.1 Å². The van der Waals surface area contributed by atoms with E-state index in [0.717, 1.165) is 37.1 Å². The highest BCUT2D eigenvalue weighted by Crippen LogP contribution is 2.17. The highest BCUT2D eigenvalue weighted by Gasteiger charge is 2.22. The minimum atomic E-state index is 0.131. The topological polar surface area (TPSA) is 39.3 Å². The molecule has 124 valence electrons. The summed E-state index contributed by atoms with van der Waals surface area (Å²) in [6.45, 7) is 7.09. The summed E-state index contributed by atoms with van der Waals surface area (Å²) in [7, 11) is 0. The summed E-state index contributed by atoms with van der Waals surface area (Å²) in [5.41, 5.74) is 1.74. The number of amides is 1. The Morgan fingerprint density at radius 3 is 2.61 bits per heavy atom. The first kappa shape index (κ1) is 16.1. The molecule has 0 atom stereocenters. The van der Waals surface area contributed by atoms with Crippen molar-refractivity contribution >= 4 is 16.8 Å². The molecule has 0 aliphatic carbocycles. The molecule has 0 radical (unpaired) electrons. The summed E-state index contributed by atoms with van der Waals surface area (Å²) in [6, 6.07) is 10.0. The number of benzene rings is 1. The van der Waals surface area contributed by atoms with Crippen molar-refractivity contribution in [2.75, 3.05) is 32.7 Å². The Morgan fingerprint density at radius 1 is 1.09 bits per heavy atom. The molecule has 1 aromatic heterocycles. The normalized spacial score (nSPS) is 16.1. The fourth-order valence-corrected chi connectivity index (χ4v) is 3.30. The predicted octanol–water partition coefficient (Wildman–Crippen LogP) is 3.51. The molecule has 2 heterocycles. The zero-order chi connectivity index (χ0) is 16.1. The number of H-pyrrole nitrogens is 1. The fourth-order valence-electron chi connectivity index (χ4n) is 3.30. The van der Waals surface area contributed by atoms with Crippen molar-refractivity contribution in [3.8, 4) is 0 Å². The second-order valence-electron chi connectivity index (χ2n) is 6.46. The Bertz CT molecular complexity index is 608. The number of aromatic nitrogens is 1. The standard InChI is InChI=1S/C19H27N3O/c1-2-3-4-7-10-21-11-13-22(14-12-21)19(23)18-15-16-8-5-6-9-17(16)20-18/h5-6,8-9,15,20H,2-4,7,10-14H2,1H3. The number of carbonyl (C=O) groups excluding carboxylic acids is 1. The first-order valence-electron chi connectivity index (χ1n) is 8.87. The molecular weight excluding hydrogens is 286 g/mol. The van der Waals surface area contributed by atoms with Crippen LogP contribution in [0.4, 0.5) is 0 Å². The van der Waals surface area contributed by atoms with Gasteiger partial charge in [0.15, 0.2) is 0 Å². The minimum Gasteiger partial charge on any atom is -0.351 e. The number of nitrogens with zero attached hydrogens (tertiary/aromatic N) is 2. The third-order valence-electron chi connectivity index (χ3n) is 4.75. The van der Waals surface area contributed by atoms with Crippen molar-refractivity contribution in [3.05, 3.63) is 36.0 Å². The molecule has 1 amide bonds. The van der Waals surface area contributed by atoms with Crippen LogP contribution in [0.2, 0.25) is 0 Å². The summed E-state index contributed by atoms with van der Waals surface area (Å²) in [5, 5.41) is 1.10. The van der Waals surface area contributed by atoms with Gasteiger partial charge in [0.25, 0.3) is 5.91 Å². The summed E-state index contributed by atoms with van der Waals surface area (Å²) in [4.78, 5) is 20.4. The molecule has 4 nitrogen and oxygen atoms in total. The van der Waals surface area contributed by atoms with E-state index in [0.29, 0.717) is 5.69 Å². The van der Waals surface area contributed by atoms with Crippen LogP contribution in [0.15, 0.2) is 30.3 Å². The molecule has 3 rings (SSSR count). The average Bonchev–Trinajstić information content (AvgIpc) is 3.03. The third-order valence-corrected chi connectivity index (χ3v) is 4.75. The number of nitrogens with one attached hydrogen (secondary N) is 1. The average molecular weight is 313 g/mol. The molecule has 0 spiro atoms. The second kappa shape index (κ2) is 7.64. The molecule has 23 heavy (non-hydrogen) atoms. The zero-order valence-corrected chi connectivity index (χ0v) is 14.1. The number of rotatable bonds is 6. The summed E-state index contributed by atoms with van der Waals surface area (Å²) < 4.78 is 0. The van der Waals surface area contributed by atoms with E-state index >= 15 is 0 Å². The van der Waals surface area contributed by atoms with Crippen LogP contribution in [0.3, 0.4) is 0 Å². The Kier molecular flexibility index (Phi) is 5.34. The van der Waals surface area contributed by atoms with Crippen LogP contribution in [0.25, 0.3) is 10.9 Å². The van der Waals surface area contributed by atoms with Crippen molar-refractivity contribution in [3.63, 3.8) is 0 Å². The van der Waals surface area contributed by atoms with Crippen molar-refractivity contribution in [1.82, 2.24) is 14.8 Å². The zero-order valence-electron chi connectivity index (χ0n) is 14.1. The van der Waals surface area contributed by atoms with E-state index in [9.17, 15) is 4.79 Å². The van der Waals surface area contributed by atoms with Crippen LogP contribution < -0.4 is 0 Å². The van der Waals surface area contributed by atoms with Gasteiger partial charge in [-0.05, 0) is 25.1 Å². The maximum atomic E-state index is 12.7. The minimum absolute atomic E-state index is 0.131. The molecule has 1 saturated heterocycles. The van der Waals surface area contributed by atoms with Gasteiger partial charge < -0.3 is 9.88 Å². The quantitative estimate of drug-likeness (QED) is 0.829. The summed E-state index contributed by atoms with van der Waals surface area (Å²) in [5.74, 6) is 0.131. The van der Waals surface area contributed by atoms with E-state index < -0.39 is 0 Å². The first-order chi connectivity index (χ1) is 11.3. The van der Waals surface area contributed by atoms with Gasteiger partial charge in [-0.25, -0.2) is 0 Å². The summed E-state index contributed by atoms with van der Waals surface area (Å²) in [6.07, 6.45) is 5.22. The highest BCUT2D eigenvalue weighted by atomic mass is 16.2. The van der Waals surface area contributed by atoms with Crippen LogP contribution in [-0.2, 0) is 0 Å². The maximum absolute atomic E-state index is 12.7. The molecular formula is C19H27N3O. The van der Waals surface area contributed by atoms with Crippen LogP contribution >= 0.6 is 0 Å². The highest BCUT2D eigenvalue weighted by molar-refractivity contribution is 5.98. The molecule has 1 N–H and O–H groups in total. The lowest BCUT2D eigenvalue weighted by Crippen LogP contribution is -2.48. The number of fused-ring (bicyclic) bond motifs is 1. The lowest BCUT2D eigenvalue weighted by atomic mass is 10.2. The Hall–Kier alpha value is -1.81. The lowest BCUT2D eigenvalue weighted by molar-refractivity contribution is 0.0630. The smallest absolute Gasteiger partial charge is 0.270 e. The van der Waals surface area contributed by atoms with E-state index in [1.54, 1.807) is 0 Å². The molecule has 0 saturated carbocycles. The monoisotopic (exact) mass is 313 g/mol. The Balaban J connectivity index is 1.52. The number of unbranched alkanes of at least 4 members (excludes halogenated alkanes) is 3. The molecule has 0 bridgehead atoms. The van der Waals surface area contributed by atoms with E-state index in [2.05, 4.69) is 16.8 Å². The van der Waals surface area contributed by atoms with Crippen LogP contribution in [-0.4, -0.2) is 53.4 Å². The van der Waals surface area contributed by atoms with Crippen LogP contribution in [0.5, 0.6) is 0 Å². The predicted molar refractivity (Wildman–Crippen MR) is 94.8 cm³/mol. The Labute approximate surface area is 138 Å². The lowest BCUT2D eigenvalue weighted by Gasteiger charge is -2.34. The maximum Gasteiger partial charge on any atom is 0.270 e. The molecule has 0 unspecified atom stereocenters. The molecule has 1 aliphatic rings. The fraction of sp³-hybridized carbons (Fsp3) is 0.526. The number of piperazine rings is 1. The SMILES string of the molecule is CCCCCCN1CCN(C(=O)c2cc3ccccc3[nH]2)CC1. The third kappa shape index (κ3) is 3.94. The van der Waals surface area contributed by atoms with Gasteiger partial charge >= 0.3 is 0 Å². The first-order valence-corrected chi connectivity index (χ1v) is 8.87. The molecule has 1 aromatic carbocycles. The van der Waals surface area contributed by atoms with Crippen molar-refractivity contribution in [2.45, 2.75) is 32.6 Å². The number of hydrogen-bond acceptors (Lipinski definition) is 2. The van der Waals surface area contributed by atoms with Crippen molar-refractivity contribution in [1.29, 1.82) is 0 Å². The largest absolute Gasteiger partial charge is 0.351 e. The molecule has 4 heteroatoms. The van der Waals surface area contributed by atoms with E-state index in [1.807, 2.05) is 35.2 Å². The van der Waals surface area contributed by atoms with E-state index in [4.69, 9.17) is 0 Å². The van der Waals surface area contributed by atoms with Gasteiger partial charge in [0.2, 0.25) is 0 Å². The molecule has 2 aromatic rings.